The van der Waals surface area contributed by atoms with Crippen LogP contribution in [0.1, 0.15) is 52.9 Å². The number of carbonyl (C=O) groups is 1. The molecule has 1 aliphatic rings. The molecule has 1 fully saturated rings. The Morgan fingerprint density at radius 1 is 1.12 bits per heavy atom. The monoisotopic (exact) mass is 432 g/mol. The van der Waals surface area contributed by atoms with Gasteiger partial charge in [-0.3, -0.25) is 4.79 Å². The molecule has 0 spiro atoms. The molecule has 2 N–H and O–H groups in total. The first-order valence-electron chi connectivity index (χ1n) is 10.8. The molecule has 1 saturated heterocycles. The Morgan fingerprint density at radius 2 is 1.84 bits per heavy atom. The average Bonchev–Trinajstić information content (AvgIpc) is 3.32. The molecule has 0 amide bonds. The number of piperidine rings is 1. The fourth-order valence-corrected chi connectivity index (χ4v) is 3.92. The van der Waals surface area contributed by atoms with Gasteiger partial charge in [0.05, 0.1) is 11.8 Å². The summed E-state index contributed by atoms with van der Waals surface area (Å²) in [4.78, 5) is 19.2. The third-order valence-corrected chi connectivity index (χ3v) is 5.97. The van der Waals surface area contributed by atoms with E-state index in [2.05, 4.69) is 10.1 Å². The van der Waals surface area contributed by atoms with Crippen LogP contribution in [0.15, 0.2) is 70.2 Å². The molecule has 0 aliphatic carbocycles. The SMILES string of the molecule is COC1CCN(/C(N)=N/c2cc(C(C)c3cccc(C(=O)c4ccccc4)c3)no2)CC1. The topological polar surface area (TPSA) is 94.0 Å². The second kappa shape index (κ2) is 9.78. The van der Waals surface area contributed by atoms with E-state index in [0.717, 1.165) is 37.2 Å². The van der Waals surface area contributed by atoms with Crippen LogP contribution < -0.4 is 5.73 Å². The third-order valence-electron chi connectivity index (χ3n) is 5.97. The summed E-state index contributed by atoms with van der Waals surface area (Å²) in [6.07, 6.45) is 2.12. The molecule has 4 rings (SSSR count). The van der Waals surface area contributed by atoms with Crippen molar-refractivity contribution in [2.24, 2.45) is 10.7 Å². The summed E-state index contributed by atoms with van der Waals surface area (Å²) in [5.41, 5.74) is 9.21. The quantitative estimate of drug-likeness (QED) is 0.358. The van der Waals surface area contributed by atoms with Gasteiger partial charge in [-0.1, -0.05) is 60.6 Å². The standard InChI is InChI=1S/C25H28N4O3/c1-17(19-9-6-10-20(15-19)24(30)18-7-4-3-5-8-18)22-16-23(32-28-22)27-25(26)29-13-11-21(31-2)12-14-29/h3-10,15-17,21H,11-14H2,1-2H3,(H2,26,27). The van der Waals surface area contributed by atoms with Crippen LogP contribution in [-0.2, 0) is 4.74 Å². The molecule has 1 unspecified atom stereocenters. The van der Waals surface area contributed by atoms with E-state index in [4.69, 9.17) is 15.0 Å². The van der Waals surface area contributed by atoms with Crippen LogP contribution in [-0.4, -0.2) is 48.1 Å². The summed E-state index contributed by atoms with van der Waals surface area (Å²) in [5.74, 6) is 0.722. The summed E-state index contributed by atoms with van der Waals surface area (Å²) >= 11 is 0. The van der Waals surface area contributed by atoms with E-state index in [1.807, 2.05) is 66.4 Å². The van der Waals surface area contributed by atoms with Crippen LogP contribution in [0.5, 0.6) is 0 Å². The number of hydrogen-bond acceptors (Lipinski definition) is 5. The lowest BCUT2D eigenvalue weighted by molar-refractivity contribution is 0.0576. The Labute approximate surface area is 187 Å². The van der Waals surface area contributed by atoms with Crippen molar-refractivity contribution in [3.05, 3.63) is 83.0 Å². The lowest BCUT2D eigenvalue weighted by Crippen LogP contribution is -2.44. The second-order valence-corrected chi connectivity index (χ2v) is 8.02. The van der Waals surface area contributed by atoms with E-state index in [1.165, 1.54) is 0 Å². The van der Waals surface area contributed by atoms with Crippen LogP contribution in [0.4, 0.5) is 5.88 Å². The van der Waals surface area contributed by atoms with Crippen molar-refractivity contribution in [3.8, 4) is 0 Å². The van der Waals surface area contributed by atoms with Crippen molar-refractivity contribution in [2.45, 2.75) is 31.8 Å². The lowest BCUT2D eigenvalue weighted by Gasteiger charge is -2.31. The van der Waals surface area contributed by atoms with Crippen LogP contribution in [0.3, 0.4) is 0 Å². The number of ether oxygens (including phenoxy) is 1. The third kappa shape index (κ3) is 4.89. The maximum atomic E-state index is 12.8. The number of hydrogen-bond donors (Lipinski definition) is 1. The van der Waals surface area contributed by atoms with Gasteiger partial charge in [-0.05, 0) is 24.5 Å². The van der Waals surface area contributed by atoms with E-state index in [1.54, 1.807) is 13.2 Å². The first-order chi connectivity index (χ1) is 15.5. The molecule has 1 aliphatic heterocycles. The lowest BCUT2D eigenvalue weighted by atomic mass is 9.94. The molecule has 0 saturated carbocycles. The number of ketones is 1. The van der Waals surface area contributed by atoms with Gasteiger partial charge in [0.15, 0.2) is 11.7 Å². The smallest absolute Gasteiger partial charge is 0.253 e. The van der Waals surface area contributed by atoms with Crippen LogP contribution in [0.2, 0.25) is 0 Å². The van der Waals surface area contributed by atoms with E-state index < -0.39 is 0 Å². The molecule has 1 aromatic heterocycles. The van der Waals surface area contributed by atoms with Crippen molar-refractivity contribution in [1.29, 1.82) is 0 Å². The first-order valence-corrected chi connectivity index (χ1v) is 10.8. The van der Waals surface area contributed by atoms with Crippen LogP contribution >= 0.6 is 0 Å². The highest BCUT2D eigenvalue weighted by Gasteiger charge is 2.21. The number of rotatable bonds is 6. The van der Waals surface area contributed by atoms with Crippen molar-refractivity contribution in [2.75, 3.05) is 20.2 Å². The molecule has 3 aromatic rings. The summed E-state index contributed by atoms with van der Waals surface area (Å²) in [6, 6.07) is 18.7. The minimum absolute atomic E-state index is 0.00453. The van der Waals surface area contributed by atoms with Crippen LogP contribution in [0, 0.1) is 0 Å². The number of aliphatic imine (C=N–C) groups is 1. The van der Waals surface area contributed by atoms with E-state index in [-0.39, 0.29) is 17.8 Å². The van der Waals surface area contributed by atoms with Crippen molar-refractivity contribution in [1.82, 2.24) is 10.1 Å². The van der Waals surface area contributed by atoms with Gasteiger partial charge in [0, 0.05) is 43.3 Å². The molecule has 1 atom stereocenters. The Morgan fingerprint density at radius 3 is 2.56 bits per heavy atom. The van der Waals surface area contributed by atoms with Crippen molar-refractivity contribution < 1.29 is 14.1 Å². The Hall–Kier alpha value is -3.45. The molecule has 2 aromatic carbocycles. The van der Waals surface area contributed by atoms with Gasteiger partial charge < -0.3 is 19.9 Å². The zero-order chi connectivity index (χ0) is 22.5. The van der Waals surface area contributed by atoms with Gasteiger partial charge in [-0.2, -0.15) is 4.99 Å². The maximum absolute atomic E-state index is 12.8. The fourth-order valence-electron chi connectivity index (χ4n) is 3.92. The highest BCUT2D eigenvalue weighted by atomic mass is 16.5. The van der Waals surface area contributed by atoms with E-state index >= 15 is 0 Å². The van der Waals surface area contributed by atoms with Gasteiger partial charge in [0.1, 0.15) is 0 Å². The minimum atomic E-state index is -0.0649. The van der Waals surface area contributed by atoms with Crippen molar-refractivity contribution >= 4 is 17.6 Å². The highest BCUT2D eigenvalue weighted by Crippen LogP contribution is 2.28. The van der Waals surface area contributed by atoms with Crippen LogP contribution in [0.25, 0.3) is 0 Å². The highest BCUT2D eigenvalue weighted by molar-refractivity contribution is 6.09. The molecule has 7 nitrogen and oxygen atoms in total. The van der Waals surface area contributed by atoms with Gasteiger partial charge in [0.25, 0.3) is 5.88 Å². The normalized spacial score (nSPS) is 16.2. The number of guanidine groups is 1. The van der Waals surface area contributed by atoms with Crippen molar-refractivity contribution in [3.63, 3.8) is 0 Å². The number of carbonyl (C=O) groups excluding carboxylic acids is 1. The molecular formula is C25H28N4O3. The van der Waals surface area contributed by atoms with Gasteiger partial charge in [0.2, 0.25) is 0 Å². The summed E-state index contributed by atoms with van der Waals surface area (Å²) in [7, 11) is 1.74. The number of benzene rings is 2. The largest absolute Gasteiger partial charge is 0.381 e. The Bertz CT molecular complexity index is 1090. The van der Waals surface area contributed by atoms with Gasteiger partial charge >= 0.3 is 0 Å². The fraction of sp³-hybridized carbons (Fsp3) is 0.320. The zero-order valence-electron chi connectivity index (χ0n) is 18.4. The molecule has 2 heterocycles. The number of likely N-dealkylation sites (tertiary alicyclic amines) is 1. The van der Waals surface area contributed by atoms with E-state index in [9.17, 15) is 4.79 Å². The predicted octanol–water partition coefficient (Wildman–Crippen LogP) is 4.11. The number of nitrogens with two attached hydrogens (primary N) is 1. The molecule has 7 heteroatoms. The molecule has 0 radical (unpaired) electrons. The van der Waals surface area contributed by atoms with Gasteiger partial charge in [-0.15, -0.1) is 0 Å². The summed E-state index contributed by atoms with van der Waals surface area (Å²) in [6.45, 7) is 3.62. The number of nitrogens with zero attached hydrogens (tertiary/aromatic N) is 3. The molecular weight excluding hydrogens is 404 g/mol. The molecule has 32 heavy (non-hydrogen) atoms. The number of methoxy groups -OCH3 is 1. The zero-order valence-corrected chi connectivity index (χ0v) is 18.4. The summed E-state index contributed by atoms with van der Waals surface area (Å²) in [5, 5.41) is 4.19. The molecule has 0 bridgehead atoms. The predicted molar refractivity (Wildman–Crippen MR) is 123 cm³/mol. The minimum Gasteiger partial charge on any atom is -0.381 e. The van der Waals surface area contributed by atoms with Gasteiger partial charge in [-0.25, -0.2) is 0 Å². The Balaban J connectivity index is 1.47. The number of aromatic nitrogens is 1. The second-order valence-electron chi connectivity index (χ2n) is 8.02. The maximum Gasteiger partial charge on any atom is 0.253 e. The Kier molecular flexibility index (Phi) is 6.66. The molecule has 166 valence electrons. The van der Waals surface area contributed by atoms with E-state index in [0.29, 0.717) is 23.0 Å². The first kappa shape index (κ1) is 21.8. The average molecular weight is 433 g/mol. The summed E-state index contributed by atoms with van der Waals surface area (Å²) < 4.78 is 10.8.